The van der Waals surface area contributed by atoms with Crippen LogP contribution in [0, 0.1) is 0 Å². The van der Waals surface area contributed by atoms with Crippen molar-refractivity contribution >= 4 is 24.0 Å². The molecule has 1 aliphatic heterocycles. The van der Waals surface area contributed by atoms with Gasteiger partial charge in [0.25, 0.3) is 5.91 Å². The van der Waals surface area contributed by atoms with Gasteiger partial charge in [0.15, 0.2) is 0 Å². The number of nitrogens with one attached hydrogen (secondary N) is 2. The van der Waals surface area contributed by atoms with Gasteiger partial charge in [-0.15, -0.1) is 12.4 Å². The van der Waals surface area contributed by atoms with Gasteiger partial charge >= 0.3 is 0 Å². The zero-order valence-corrected chi connectivity index (χ0v) is 13.9. The van der Waals surface area contributed by atoms with Crippen molar-refractivity contribution in [1.29, 1.82) is 0 Å². The lowest BCUT2D eigenvalue weighted by atomic mass is 10.1. The molecule has 0 aliphatic carbocycles. The Bertz CT molecular complexity index is 688. The van der Waals surface area contributed by atoms with E-state index in [2.05, 4.69) is 10.6 Å². The van der Waals surface area contributed by atoms with Crippen LogP contribution in [0.5, 0.6) is 0 Å². The maximum absolute atomic E-state index is 12.3. The van der Waals surface area contributed by atoms with Crippen LogP contribution >= 0.6 is 12.4 Å². The number of hydrogen-bond acceptors (Lipinski definition) is 3. The molecule has 1 aliphatic rings. The van der Waals surface area contributed by atoms with Crippen molar-refractivity contribution in [3.63, 3.8) is 0 Å². The summed E-state index contributed by atoms with van der Waals surface area (Å²) in [4.78, 5) is 12.3. The number of ether oxygens (including phenoxy) is 1. The molecule has 0 saturated carbocycles. The van der Waals surface area contributed by atoms with Crippen molar-refractivity contribution < 1.29 is 9.53 Å². The predicted molar refractivity (Wildman–Crippen MR) is 94.2 cm³/mol. The van der Waals surface area contributed by atoms with Gasteiger partial charge < -0.3 is 15.4 Å². The van der Waals surface area contributed by atoms with Crippen molar-refractivity contribution in [3.8, 4) is 0 Å². The van der Waals surface area contributed by atoms with Crippen molar-refractivity contribution in [2.24, 2.45) is 0 Å². The summed E-state index contributed by atoms with van der Waals surface area (Å²) in [5.41, 5.74) is 5.25. The predicted octanol–water partition coefficient (Wildman–Crippen LogP) is 3.15. The van der Waals surface area contributed by atoms with Crippen LogP contribution in [-0.2, 0) is 24.3 Å². The number of amides is 1. The zero-order chi connectivity index (χ0) is 15.4. The number of carbonyl (C=O) groups is 1. The van der Waals surface area contributed by atoms with Crippen molar-refractivity contribution in [1.82, 2.24) is 5.32 Å². The molecule has 2 N–H and O–H groups in total. The molecule has 0 radical (unpaired) electrons. The van der Waals surface area contributed by atoms with E-state index in [1.165, 1.54) is 5.56 Å². The molecule has 0 spiro atoms. The lowest BCUT2D eigenvalue weighted by Gasteiger charge is -2.10. The number of benzene rings is 2. The Balaban J connectivity index is 0.00000192. The van der Waals surface area contributed by atoms with E-state index in [-0.39, 0.29) is 18.3 Å². The topological polar surface area (TPSA) is 50.4 Å². The van der Waals surface area contributed by atoms with Gasteiger partial charge in [-0.2, -0.15) is 0 Å². The Kier molecular flexibility index (Phi) is 6.02. The number of hydrogen-bond donors (Lipinski definition) is 2. The summed E-state index contributed by atoms with van der Waals surface area (Å²) in [6.07, 6.45) is 0.979. The third-order valence-electron chi connectivity index (χ3n) is 3.93. The largest absolute Gasteiger partial charge is 0.384 e. The lowest BCUT2D eigenvalue weighted by Crippen LogP contribution is -2.23. The van der Waals surface area contributed by atoms with Gasteiger partial charge in [0, 0.05) is 31.5 Å². The highest BCUT2D eigenvalue weighted by atomic mass is 35.5. The first-order chi connectivity index (χ1) is 10.8. The molecule has 1 heterocycles. The minimum Gasteiger partial charge on any atom is -0.384 e. The summed E-state index contributed by atoms with van der Waals surface area (Å²) in [5.74, 6) is -0.0399. The molecule has 2 aromatic rings. The highest BCUT2D eigenvalue weighted by Crippen LogP contribution is 2.23. The van der Waals surface area contributed by atoms with E-state index >= 15 is 0 Å². The highest BCUT2D eigenvalue weighted by Gasteiger charge is 2.13. The van der Waals surface area contributed by atoms with Gasteiger partial charge in [-0.25, -0.2) is 0 Å². The smallest absolute Gasteiger partial charge is 0.251 e. The van der Waals surface area contributed by atoms with E-state index in [1.807, 2.05) is 42.5 Å². The van der Waals surface area contributed by atoms with Crippen LogP contribution in [0.15, 0.2) is 42.5 Å². The minimum absolute atomic E-state index is 0. The molecule has 3 rings (SSSR count). The first-order valence-electron chi connectivity index (χ1n) is 7.48. The molecule has 1 amide bonds. The normalized spacial score (nSPS) is 12.0. The second kappa shape index (κ2) is 7.99. The number of anilines is 1. The van der Waals surface area contributed by atoms with Crippen LogP contribution in [0.4, 0.5) is 5.69 Å². The van der Waals surface area contributed by atoms with Crippen molar-refractivity contribution in [2.45, 2.75) is 19.6 Å². The summed E-state index contributed by atoms with van der Waals surface area (Å²) in [5, 5.41) is 6.29. The van der Waals surface area contributed by atoms with Gasteiger partial charge in [0.05, 0.1) is 6.61 Å². The van der Waals surface area contributed by atoms with Gasteiger partial charge in [-0.3, -0.25) is 4.79 Å². The number of rotatable bonds is 5. The Morgan fingerprint density at radius 1 is 1.22 bits per heavy atom. The van der Waals surface area contributed by atoms with Crippen molar-refractivity contribution in [2.75, 3.05) is 19.0 Å². The van der Waals surface area contributed by atoms with Crippen LogP contribution < -0.4 is 10.6 Å². The van der Waals surface area contributed by atoms with Crippen LogP contribution in [-0.4, -0.2) is 19.6 Å². The van der Waals surface area contributed by atoms with E-state index in [0.29, 0.717) is 18.7 Å². The van der Waals surface area contributed by atoms with E-state index < -0.39 is 0 Å². The maximum atomic E-state index is 12.3. The lowest BCUT2D eigenvalue weighted by molar-refractivity contribution is 0.0950. The SMILES string of the molecule is COCc1ccccc1CNC(=O)c1ccc2c(c1)CCN2.Cl. The minimum atomic E-state index is -0.0399. The molecule has 122 valence electrons. The molecule has 2 aromatic carbocycles. The monoisotopic (exact) mass is 332 g/mol. The van der Waals surface area contributed by atoms with Gasteiger partial charge in [0.1, 0.15) is 0 Å². The summed E-state index contributed by atoms with van der Waals surface area (Å²) >= 11 is 0. The second-order valence-corrected chi connectivity index (χ2v) is 5.43. The van der Waals surface area contributed by atoms with E-state index in [9.17, 15) is 4.79 Å². The van der Waals surface area contributed by atoms with E-state index in [1.54, 1.807) is 7.11 Å². The molecule has 5 heteroatoms. The van der Waals surface area contributed by atoms with E-state index in [4.69, 9.17) is 4.74 Å². The third kappa shape index (κ3) is 4.03. The Morgan fingerprint density at radius 2 is 2.00 bits per heavy atom. The number of fused-ring (bicyclic) bond motifs is 1. The quantitative estimate of drug-likeness (QED) is 0.884. The van der Waals surface area contributed by atoms with Crippen LogP contribution in [0.3, 0.4) is 0 Å². The van der Waals surface area contributed by atoms with Crippen LogP contribution in [0.1, 0.15) is 27.0 Å². The Hall–Kier alpha value is -2.04. The fourth-order valence-corrected chi connectivity index (χ4v) is 2.75. The first-order valence-corrected chi connectivity index (χ1v) is 7.48. The molecule has 0 saturated heterocycles. The average molecular weight is 333 g/mol. The van der Waals surface area contributed by atoms with Crippen LogP contribution in [0.25, 0.3) is 0 Å². The fraction of sp³-hybridized carbons (Fsp3) is 0.278. The molecule has 0 aromatic heterocycles. The standard InChI is InChI=1S/C18H20N2O2.ClH/c1-22-12-16-5-3-2-4-15(16)11-20-18(21)14-6-7-17-13(10-14)8-9-19-17;/h2-7,10,19H,8-9,11-12H2,1H3,(H,20,21);1H. The highest BCUT2D eigenvalue weighted by molar-refractivity contribution is 5.95. The van der Waals surface area contributed by atoms with Crippen LogP contribution in [0.2, 0.25) is 0 Å². The van der Waals surface area contributed by atoms with E-state index in [0.717, 1.165) is 29.8 Å². The summed E-state index contributed by atoms with van der Waals surface area (Å²) in [7, 11) is 1.67. The molecule has 0 unspecified atom stereocenters. The second-order valence-electron chi connectivity index (χ2n) is 5.43. The zero-order valence-electron chi connectivity index (χ0n) is 13.1. The molecular formula is C18H21ClN2O2. The Morgan fingerprint density at radius 3 is 2.78 bits per heavy atom. The number of halogens is 1. The summed E-state index contributed by atoms with van der Waals surface area (Å²) < 4.78 is 5.19. The molecular weight excluding hydrogens is 312 g/mol. The number of carbonyl (C=O) groups excluding carboxylic acids is 1. The number of methoxy groups -OCH3 is 1. The summed E-state index contributed by atoms with van der Waals surface area (Å²) in [6.45, 7) is 2.01. The summed E-state index contributed by atoms with van der Waals surface area (Å²) in [6, 6.07) is 13.8. The molecule has 0 bridgehead atoms. The maximum Gasteiger partial charge on any atom is 0.251 e. The first kappa shape index (κ1) is 17.3. The molecule has 0 atom stereocenters. The van der Waals surface area contributed by atoms with Gasteiger partial charge in [0.2, 0.25) is 0 Å². The average Bonchev–Trinajstić information content (AvgIpc) is 3.01. The fourth-order valence-electron chi connectivity index (χ4n) is 2.75. The van der Waals surface area contributed by atoms with Gasteiger partial charge in [-0.1, -0.05) is 24.3 Å². The van der Waals surface area contributed by atoms with Gasteiger partial charge in [-0.05, 0) is 41.3 Å². The Labute approximate surface area is 142 Å². The molecule has 4 nitrogen and oxygen atoms in total. The molecule has 0 fully saturated rings. The van der Waals surface area contributed by atoms with Crippen molar-refractivity contribution in [3.05, 3.63) is 64.7 Å². The third-order valence-corrected chi connectivity index (χ3v) is 3.93. The molecule has 23 heavy (non-hydrogen) atoms.